The van der Waals surface area contributed by atoms with Crippen molar-refractivity contribution >= 4 is 28.0 Å². The number of nitrogens with two attached hydrogens (primary N) is 1. The van der Waals surface area contributed by atoms with E-state index in [1.165, 1.54) is 18.4 Å². The minimum atomic E-state index is -0.404. The lowest BCUT2D eigenvalue weighted by atomic mass is 10.4. The van der Waals surface area contributed by atoms with Crippen molar-refractivity contribution < 1.29 is 9.53 Å². The first-order chi connectivity index (χ1) is 9.10. The van der Waals surface area contributed by atoms with Gasteiger partial charge in [0.15, 0.2) is 0 Å². The molecule has 6 nitrogen and oxygen atoms in total. The van der Waals surface area contributed by atoms with Gasteiger partial charge in [-0.05, 0) is 18.6 Å². The zero-order chi connectivity index (χ0) is 13.8. The van der Waals surface area contributed by atoms with Crippen LogP contribution >= 0.6 is 11.3 Å². The molecule has 7 heteroatoms. The lowest BCUT2D eigenvalue weighted by molar-refractivity contribution is 0.0607. The highest BCUT2D eigenvalue weighted by Crippen LogP contribution is 2.29. The molecule has 2 aromatic heterocycles. The number of esters is 1. The highest BCUT2D eigenvalue weighted by Gasteiger charge is 2.14. The first kappa shape index (κ1) is 13.4. The largest absolute Gasteiger partial charge is 0.465 e. The van der Waals surface area contributed by atoms with Gasteiger partial charge in [0, 0.05) is 12.7 Å². The highest BCUT2D eigenvalue weighted by atomic mass is 32.1. The number of anilines is 2. The van der Waals surface area contributed by atoms with Crippen molar-refractivity contribution in [2.75, 3.05) is 24.7 Å². The minimum Gasteiger partial charge on any atom is -0.465 e. The van der Waals surface area contributed by atoms with Gasteiger partial charge in [-0.3, -0.25) is 4.68 Å². The molecule has 102 valence electrons. The Hall–Kier alpha value is -2.02. The second-order valence-corrected chi connectivity index (χ2v) is 5.15. The number of methoxy groups -OCH3 is 1. The lowest BCUT2D eigenvalue weighted by Gasteiger charge is -2.03. The van der Waals surface area contributed by atoms with Crippen LogP contribution in [-0.4, -0.2) is 29.4 Å². The van der Waals surface area contributed by atoms with Crippen molar-refractivity contribution in [3.63, 3.8) is 0 Å². The quantitative estimate of drug-likeness (QED) is 0.815. The minimum absolute atomic E-state index is 0.404. The van der Waals surface area contributed by atoms with E-state index in [0.29, 0.717) is 17.1 Å². The summed E-state index contributed by atoms with van der Waals surface area (Å²) >= 11 is 1.29. The van der Waals surface area contributed by atoms with Crippen molar-refractivity contribution in [2.24, 2.45) is 0 Å². The number of hydrogen-bond donors (Lipinski definition) is 2. The van der Waals surface area contributed by atoms with E-state index in [1.807, 2.05) is 24.0 Å². The number of thiophene rings is 1. The molecule has 0 radical (unpaired) electrons. The molecular weight excluding hydrogens is 264 g/mol. The monoisotopic (exact) mass is 280 g/mol. The van der Waals surface area contributed by atoms with E-state index in [0.717, 1.165) is 17.1 Å². The summed E-state index contributed by atoms with van der Waals surface area (Å²) in [6.45, 7) is 3.46. The van der Waals surface area contributed by atoms with E-state index in [9.17, 15) is 4.79 Å². The molecule has 0 aliphatic heterocycles. The van der Waals surface area contributed by atoms with Crippen molar-refractivity contribution in [1.29, 1.82) is 0 Å². The summed E-state index contributed by atoms with van der Waals surface area (Å²) in [6, 6.07) is 1.74. The predicted octanol–water partition coefficient (Wildman–Crippen LogP) is 1.73. The first-order valence-electron chi connectivity index (χ1n) is 5.80. The number of rotatable bonds is 5. The maximum absolute atomic E-state index is 11.4. The number of aryl methyl sites for hydroxylation is 1. The molecule has 0 aromatic carbocycles. The van der Waals surface area contributed by atoms with Crippen LogP contribution in [0.15, 0.2) is 18.5 Å². The molecule has 0 spiro atoms. The van der Waals surface area contributed by atoms with Crippen LogP contribution in [0.3, 0.4) is 0 Å². The first-order valence-corrected chi connectivity index (χ1v) is 6.62. The molecule has 0 amide bonds. The Morgan fingerprint density at radius 2 is 2.42 bits per heavy atom. The van der Waals surface area contributed by atoms with Gasteiger partial charge in [-0.2, -0.15) is 5.10 Å². The van der Waals surface area contributed by atoms with Crippen LogP contribution in [0.1, 0.15) is 15.2 Å². The van der Waals surface area contributed by atoms with E-state index in [4.69, 9.17) is 5.73 Å². The average molecular weight is 280 g/mol. The summed E-state index contributed by atoms with van der Waals surface area (Å²) < 4.78 is 6.52. The van der Waals surface area contributed by atoms with Crippen LogP contribution < -0.4 is 11.1 Å². The zero-order valence-corrected chi connectivity index (χ0v) is 11.7. The molecular formula is C12H16N4O2S. The Kier molecular flexibility index (Phi) is 4.06. The fourth-order valence-corrected chi connectivity index (χ4v) is 2.55. The number of nitrogens with one attached hydrogen (secondary N) is 1. The van der Waals surface area contributed by atoms with E-state index < -0.39 is 5.97 Å². The molecule has 0 fully saturated rings. The van der Waals surface area contributed by atoms with Gasteiger partial charge in [-0.15, -0.1) is 11.3 Å². The van der Waals surface area contributed by atoms with Gasteiger partial charge in [0.05, 0.1) is 30.5 Å². The molecule has 0 saturated heterocycles. The SMILES string of the molecule is COC(=O)c1sc(NCCn2cc(C)cn2)cc1N. The van der Waals surface area contributed by atoms with E-state index >= 15 is 0 Å². The summed E-state index contributed by atoms with van der Waals surface area (Å²) in [5, 5.41) is 8.25. The zero-order valence-electron chi connectivity index (χ0n) is 10.8. The van der Waals surface area contributed by atoms with Gasteiger partial charge >= 0.3 is 5.97 Å². The van der Waals surface area contributed by atoms with E-state index in [2.05, 4.69) is 15.2 Å². The fourth-order valence-electron chi connectivity index (χ4n) is 1.63. The Morgan fingerprint density at radius 1 is 1.63 bits per heavy atom. The van der Waals surface area contributed by atoms with Gasteiger partial charge in [0.1, 0.15) is 4.88 Å². The van der Waals surface area contributed by atoms with Crippen LogP contribution in [0.5, 0.6) is 0 Å². The number of hydrogen-bond acceptors (Lipinski definition) is 6. The molecule has 2 heterocycles. The number of nitrogen functional groups attached to an aromatic ring is 1. The predicted molar refractivity (Wildman–Crippen MR) is 75.5 cm³/mol. The lowest BCUT2D eigenvalue weighted by Crippen LogP contribution is -2.09. The van der Waals surface area contributed by atoms with Crippen LogP contribution in [0.4, 0.5) is 10.7 Å². The standard InChI is InChI=1S/C12H16N4O2S/c1-8-6-15-16(7-8)4-3-14-10-5-9(13)11(19-10)12(17)18-2/h5-7,14H,3-4,13H2,1-2H3. The Balaban J connectivity index is 1.91. The van der Waals surface area contributed by atoms with Crippen LogP contribution in [0.25, 0.3) is 0 Å². The van der Waals surface area contributed by atoms with Crippen LogP contribution in [-0.2, 0) is 11.3 Å². The third-order valence-electron chi connectivity index (χ3n) is 2.53. The van der Waals surface area contributed by atoms with Crippen LogP contribution in [0, 0.1) is 6.92 Å². The molecule has 0 bridgehead atoms. The fraction of sp³-hybridized carbons (Fsp3) is 0.333. The summed E-state index contributed by atoms with van der Waals surface area (Å²) in [7, 11) is 1.34. The Labute approximate surface area is 115 Å². The van der Waals surface area contributed by atoms with Gasteiger partial charge in [-0.25, -0.2) is 4.79 Å². The van der Waals surface area contributed by atoms with Crippen molar-refractivity contribution in [1.82, 2.24) is 9.78 Å². The second-order valence-electron chi connectivity index (χ2n) is 4.09. The molecule has 0 unspecified atom stereocenters. The number of carbonyl (C=O) groups is 1. The second kappa shape index (κ2) is 5.75. The topological polar surface area (TPSA) is 82.2 Å². The molecule has 19 heavy (non-hydrogen) atoms. The number of nitrogens with zero attached hydrogens (tertiary/aromatic N) is 2. The normalized spacial score (nSPS) is 10.4. The Bertz CT molecular complexity index is 576. The summed E-state index contributed by atoms with van der Waals surface area (Å²) in [5.74, 6) is -0.404. The smallest absolute Gasteiger partial charge is 0.350 e. The van der Waals surface area contributed by atoms with Crippen molar-refractivity contribution in [2.45, 2.75) is 13.5 Å². The summed E-state index contributed by atoms with van der Waals surface area (Å²) in [5.41, 5.74) is 7.33. The van der Waals surface area contributed by atoms with E-state index in [-0.39, 0.29) is 0 Å². The Morgan fingerprint density at radius 3 is 3.05 bits per heavy atom. The number of carbonyl (C=O) groups excluding carboxylic acids is 1. The summed E-state index contributed by atoms with van der Waals surface area (Å²) in [4.78, 5) is 11.8. The average Bonchev–Trinajstić information content (AvgIpc) is 2.95. The molecule has 0 atom stereocenters. The maximum atomic E-state index is 11.4. The van der Waals surface area contributed by atoms with E-state index in [1.54, 1.807) is 6.07 Å². The highest BCUT2D eigenvalue weighted by molar-refractivity contribution is 7.18. The van der Waals surface area contributed by atoms with Gasteiger partial charge in [-0.1, -0.05) is 0 Å². The number of ether oxygens (including phenoxy) is 1. The van der Waals surface area contributed by atoms with Gasteiger partial charge < -0.3 is 15.8 Å². The molecule has 0 aliphatic carbocycles. The number of aromatic nitrogens is 2. The third-order valence-corrected chi connectivity index (χ3v) is 3.62. The maximum Gasteiger partial charge on any atom is 0.350 e. The summed E-state index contributed by atoms with van der Waals surface area (Å²) in [6.07, 6.45) is 3.79. The molecule has 3 N–H and O–H groups in total. The van der Waals surface area contributed by atoms with Crippen LogP contribution in [0.2, 0.25) is 0 Å². The van der Waals surface area contributed by atoms with Crippen molar-refractivity contribution in [3.8, 4) is 0 Å². The van der Waals surface area contributed by atoms with Gasteiger partial charge in [0.25, 0.3) is 0 Å². The van der Waals surface area contributed by atoms with Crippen molar-refractivity contribution in [3.05, 3.63) is 28.9 Å². The molecule has 2 rings (SSSR count). The third kappa shape index (κ3) is 3.25. The molecule has 0 aliphatic rings. The molecule has 2 aromatic rings. The van der Waals surface area contributed by atoms with Gasteiger partial charge in [0.2, 0.25) is 0 Å². The molecule has 0 saturated carbocycles.